The van der Waals surface area contributed by atoms with Gasteiger partial charge in [-0.2, -0.15) is 0 Å². The molecule has 1 saturated heterocycles. The molecule has 0 radical (unpaired) electrons. The molecule has 4 N–H and O–H groups in total. The number of carbonyl (C=O) groups excluding carboxylic acids is 1. The summed E-state index contributed by atoms with van der Waals surface area (Å²) in [5.74, 6) is -0.857. The van der Waals surface area contributed by atoms with Gasteiger partial charge in [-0.3, -0.25) is 0 Å². The summed E-state index contributed by atoms with van der Waals surface area (Å²) in [6.07, 6.45) is -7.44. The van der Waals surface area contributed by atoms with Gasteiger partial charge in [0.25, 0.3) is 0 Å². The third-order valence-electron chi connectivity index (χ3n) is 3.17. The number of aliphatic hydroxyl groups excluding tert-OH is 4. The Labute approximate surface area is 125 Å². The van der Waals surface area contributed by atoms with Crippen LogP contribution in [0.1, 0.15) is 10.4 Å². The second-order valence-electron chi connectivity index (χ2n) is 4.58. The molecule has 116 valence electrons. The fourth-order valence-electron chi connectivity index (χ4n) is 1.96. The Morgan fingerprint density at radius 2 is 1.86 bits per heavy atom. The van der Waals surface area contributed by atoms with Crippen molar-refractivity contribution in [2.75, 3.05) is 6.61 Å². The van der Waals surface area contributed by atoms with E-state index in [0.29, 0.717) is 0 Å². The molecule has 8 heteroatoms. The molecule has 0 spiro atoms. The summed E-state index contributed by atoms with van der Waals surface area (Å²) in [6, 6.07) is 6.13. The van der Waals surface area contributed by atoms with Crippen LogP contribution in [0.15, 0.2) is 24.3 Å². The number of hydrogen-bond acceptors (Lipinski definition) is 7. The molecule has 0 amide bonds. The van der Waals surface area contributed by atoms with Gasteiger partial charge >= 0.3 is 5.97 Å². The lowest BCUT2D eigenvalue weighted by molar-refractivity contribution is -0.285. The lowest BCUT2D eigenvalue weighted by Gasteiger charge is -2.39. The van der Waals surface area contributed by atoms with Gasteiger partial charge in [-0.15, -0.1) is 0 Å². The van der Waals surface area contributed by atoms with Crippen LogP contribution in [0.3, 0.4) is 0 Å². The lowest BCUT2D eigenvalue weighted by Crippen LogP contribution is -2.59. The molecule has 21 heavy (non-hydrogen) atoms. The van der Waals surface area contributed by atoms with Crippen LogP contribution in [0.25, 0.3) is 0 Å². The number of benzene rings is 1. The van der Waals surface area contributed by atoms with E-state index < -0.39 is 43.3 Å². The normalized spacial score (nSPS) is 32.7. The number of rotatable bonds is 3. The fraction of sp³-hybridized carbons (Fsp3) is 0.462. The smallest absolute Gasteiger partial charge is 0.342 e. The van der Waals surface area contributed by atoms with Crippen molar-refractivity contribution >= 4 is 17.6 Å². The van der Waals surface area contributed by atoms with Gasteiger partial charge < -0.3 is 29.9 Å². The van der Waals surface area contributed by atoms with E-state index in [9.17, 15) is 20.1 Å². The van der Waals surface area contributed by atoms with Crippen molar-refractivity contribution in [2.45, 2.75) is 30.7 Å². The number of ether oxygens (including phenoxy) is 2. The predicted octanol–water partition coefficient (Wildman–Crippen LogP) is -0.703. The highest BCUT2D eigenvalue weighted by Crippen LogP contribution is 2.24. The summed E-state index contributed by atoms with van der Waals surface area (Å²) in [5.41, 5.74) is 0.0659. The highest BCUT2D eigenvalue weighted by molar-refractivity contribution is 6.33. The van der Waals surface area contributed by atoms with Gasteiger partial charge in [-0.05, 0) is 12.1 Å². The molecular weight excluding hydrogens is 304 g/mol. The van der Waals surface area contributed by atoms with Crippen LogP contribution in [0.4, 0.5) is 0 Å². The van der Waals surface area contributed by atoms with Gasteiger partial charge in [0.1, 0.15) is 24.4 Å². The first-order chi connectivity index (χ1) is 9.95. The molecule has 5 atom stereocenters. The molecule has 1 aromatic carbocycles. The van der Waals surface area contributed by atoms with Gasteiger partial charge in [0.05, 0.1) is 17.2 Å². The summed E-state index contributed by atoms with van der Waals surface area (Å²) in [4.78, 5) is 12.0. The summed E-state index contributed by atoms with van der Waals surface area (Å²) in [7, 11) is 0. The van der Waals surface area contributed by atoms with Crippen molar-refractivity contribution in [3.05, 3.63) is 34.9 Å². The van der Waals surface area contributed by atoms with Crippen LogP contribution in [0.5, 0.6) is 0 Å². The zero-order valence-corrected chi connectivity index (χ0v) is 11.6. The maximum Gasteiger partial charge on any atom is 0.342 e. The Hall–Kier alpha value is -1.22. The molecule has 1 heterocycles. The minimum Gasteiger partial charge on any atom is -0.429 e. The van der Waals surface area contributed by atoms with Gasteiger partial charge in [0.2, 0.25) is 6.29 Å². The highest BCUT2D eigenvalue weighted by atomic mass is 35.5. The van der Waals surface area contributed by atoms with E-state index in [0.717, 1.165) is 0 Å². The van der Waals surface area contributed by atoms with Crippen molar-refractivity contribution in [3.8, 4) is 0 Å². The van der Waals surface area contributed by atoms with Crippen LogP contribution in [0, 0.1) is 0 Å². The highest BCUT2D eigenvalue weighted by Gasteiger charge is 2.45. The summed E-state index contributed by atoms with van der Waals surface area (Å²) < 4.78 is 10.0. The third kappa shape index (κ3) is 3.34. The lowest BCUT2D eigenvalue weighted by atomic mass is 9.99. The van der Waals surface area contributed by atoms with E-state index in [1.807, 2.05) is 0 Å². The van der Waals surface area contributed by atoms with E-state index in [-0.39, 0.29) is 10.6 Å². The SMILES string of the molecule is O=C(O[C@@H]1O[C@H](CO)[C@@H](O)[C@H](O)[C@H]1O)c1ccccc1Cl. The molecule has 2 rings (SSSR count). The average molecular weight is 319 g/mol. The molecule has 1 aliphatic rings. The standard InChI is InChI=1S/C13H15ClO7/c14-7-4-2-1-3-6(7)12(19)21-13-11(18)10(17)9(16)8(5-15)20-13/h1-4,8-11,13,15-18H,5H2/t8-,9-,10+,11-,13+/m1/s1. The maximum absolute atomic E-state index is 12.0. The number of hydrogen-bond donors (Lipinski definition) is 4. The molecule has 0 aliphatic carbocycles. The number of halogens is 1. The van der Waals surface area contributed by atoms with Crippen molar-refractivity contribution in [1.82, 2.24) is 0 Å². The molecule has 0 bridgehead atoms. The Balaban J connectivity index is 2.11. The van der Waals surface area contributed by atoms with Crippen LogP contribution in [-0.2, 0) is 9.47 Å². The van der Waals surface area contributed by atoms with Crippen LogP contribution in [-0.4, -0.2) is 63.7 Å². The van der Waals surface area contributed by atoms with E-state index >= 15 is 0 Å². The minimum atomic E-state index is -1.64. The first-order valence-electron chi connectivity index (χ1n) is 6.21. The number of esters is 1. The Morgan fingerprint density at radius 1 is 1.19 bits per heavy atom. The Morgan fingerprint density at radius 3 is 2.48 bits per heavy atom. The predicted molar refractivity (Wildman–Crippen MR) is 70.6 cm³/mol. The summed E-state index contributed by atoms with van der Waals surface area (Å²) >= 11 is 5.85. The largest absolute Gasteiger partial charge is 0.429 e. The Kier molecular flexibility index (Phi) is 5.15. The van der Waals surface area contributed by atoms with Crippen LogP contribution < -0.4 is 0 Å². The topological polar surface area (TPSA) is 116 Å². The van der Waals surface area contributed by atoms with Gasteiger partial charge in [-0.25, -0.2) is 4.79 Å². The summed E-state index contributed by atoms with van der Waals surface area (Å²) in [6.45, 7) is -0.606. The molecule has 1 fully saturated rings. The first kappa shape index (κ1) is 16.2. The second kappa shape index (κ2) is 6.69. The molecule has 0 aromatic heterocycles. The Bertz CT molecular complexity index is 507. The average Bonchev–Trinajstić information content (AvgIpc) is 2.48. The fourth-order valence-corrected chi connectivity index (χ4v) is 2.17. The van der Waals surface area contributed by atoms with Crippen molar-refractivity contribution < 1.29 is 34.7 Å². The number of carbonyl (C=O) groups is 1. The first-order valence-corrected chi connectivity index (χ1v) is 6.59. The van der Waals surface area contributed by atoms with Gasteiger partial charge in [0.15, 0.2) is 0 Å². The molecular formula is C13H15ClO7. The van der Waals surface area contributed by atoms with E-state index in [1.165, 1.54) is 12.1 Å². The van der Waals surface area contributed by atoms with E-state index in [2.05, 4.69) is 0 Å². The maximum atomic E-state index is 12.0. The quantitative estimate of drug-likeness (QED) is 0.544. The molecule has 0 saturated carbocycles. The molecule has 1 aliphatic heterocycles. The zero-order valence-electron chi connectivity index (χ0n) is 10.8. The molecule has 1 aromatic rings. The third-order valence-corrected chi connectivity index (χ3v) is 3.50. The van der Waals surface area contributed by atoms with Crippen molar-refractivity contribution in [3.63, 3.8) is 0 Å². The van der Waals surface area contributed by atoms with Gasteiger partial charge in [-0.1, -0.05) is 23.7 Å². The summed E-state index contributed by atoms with van der Waals surface area (Å²) in [5, 5.41) is 38.2. The van der Waals surface area contributed by atoms with Gasteiger partial charge in [0, 0.05) is 0 Å². The monoisotopic (exact) mass is 318 g/mol. The van der Waals surface area contributed by atoms with E-state index in [1.54, 1.807) is 12.1 Å². The minimum absolute atomic E-state index is 0.0659. The van der Waals surface area contributed by atoms with Crippen LogP contribution in [0.2, 0.25) is 5.02 Å². The van der Waals surface area contributed by atoms with Crippen molar-refractivity contribution in [1.29, 1.82) is 0 Å². The molecule has 0 unspecified atom stereocenters. The van der Waals surface area contributed by atoms with Crippen molar-refractivity contribution in [2.24, 2.45) is 0 Å². The molecule has 7 nitrogen and oxygen atoms in total. The van der Waals surface area contributed by atoms with E-state index in [4.69, 9.17) is 26.2 Å². The number of aliphatic hydroxyl groups is 4. The second-order valence-corrected chi connectivity index (χ2v) is 4.99. The zero-order chi connectivity index (χ0) is 15.6. The van der Waals surface area contributed by atoms with Crippen LogP contribution >= 0.6 is 11.6 Å².